The molecule has 2 fully saturated rings. The van der Waals surface area contributed by atoms with Gasteiger partial charge in [-0.25, -0.2) is 0 Å². The van der Waals surface area contributed by atoms with Crippen molar-refractivity contribution in [2.75, 3.05) is 6.54 Å². The molecule has 1 amide bonds. The monoisotopic (exact) mass is 336 g/mol. The van der Waals surface area contributed by atoms with Gasteiger partial charge in [-0.1, -0.05) is 49.2 Å². The molecule has 0 radical (unpaired) electrons. The molecular formula is C21H24N2O2. The molecule has 4 rings (SSSR count). The van der Waals surface area contributed by atoms with Gasteiger partial charge in [0.1, 0.15) is 5.69 Å². The van der Waals surface area contributed by atoms with Gasteiger partial charge in [-0.15, -0.1) is 0 Å². The average Bonchev–Trinajstić information content (AvgIpc) is 2.69. The summed E-state index contributed by atoms with van der Waals surface area (Å²) in [6.45, 7) is 0.571. The first-order chi connectivity index (χ1) is 12.2. The molecule has 1 N–H and O–H groups in total. The fourth-order valence-electron chi connectivity index (χ4n) is 4.66. The topological polar surface area (TPSA) is 53.4 Å². The summed E-state index contributed by atoms with van der Waals surface area (Å²) >= 11 is 0. The van der Waals surface area contributed by atoms with E-state index in [0.29, 0.717) is 18.7 Å². The van der Waals surface area contributed by atoms with Crippen LogP contribution in [0, 0.1) is 5.92 Å². The highest BCUT2D eigenvalue weighted by atomic mass is 16.3. The summed E-state index contributed by atoms with van der Waals surface area (Å²) in [5, 5.41) is 11.6. The lowest BCUT2D eigenvalue weighted by molar-refractivity contribution is -0.110. The number of rotatable bonds is 2. The Bertz CT molecular complexity index is 734. The molecule has 4 nitrogen and oxygen atoms in total. The average molecular weight is 336 g/mol. The summed E-state index contributed by atoms with van der Waals surface area (Å²) in [4.78, 5) is 19.2. The van der Waals surface area contributed by atoms with Crippen molar-refractivity contribution in [3.63, 3.8) is 0 Å². The van der Waals surface area contributed by atoms with Crippen molar-refractivity contribution in [1.29, 1.82) is 0 Å². The molecule has 1 unspecified atom stereocenters. The van der Waals surface area contributed by atoms with Crippen molar-refractivity contribution < 1.29 is 9.90 Å². The number of benzene rings is 1. The van der Waals surface area contributed by atoms with E-state index < -0.39 is 5.60 Å². The Morgan fingerprint density at radius 3 is 2.60 bits per heavy atom. The summed E-state index contributed by atoms with van der Waals surface area (Å²) < 4.78 is 0. The number of amides is 1. The molecule has 1 aromatic heterocycles. The van der Waals surface area contributed by atoms with E-state index in [9.17, 15) is 9.90 Å². The molecule has 1 aromatic carbocycles. The minimum Gasteiger partial charge on any atom is -0.385 e. The normalized spacial score (nSPS) is 29.1. The third-order valence-electron chi connectivity index (χ3n) is 5.90. The molecule has 1 aliphatic heterocycles. The van der Waals surface area contributed by atoms with Gasteiger partial charge in [0.05, 0.1) is 5.60 Å². The van der Waals surface area contributed by atoms with Crippen LogP contribution in [0.2, 0.25) is 0 Å². The van der Waals surface area contributed by atoms with E-state index >= 15 is 0 Å². The second-order valence-corrected chi connectivity index (χ2v) is 7.21. The Kier molecular flexibility index (Phi) is 4.30. The molecule has 0 bridgehead atoms. The van der Waals surface area contributed by atoms with Crippen molar-refractivity contribution in [2.45, 2.75) is 43.7 Å². The smallest absolute Gasteiger partial charge is 0.272 e. The van der Waals surface area contributed by atoms with Gasteiger partial charge >= 0.3 is 0 Å². The van der Waals surface area contributed by atoms with Gasteiger partial charge in [-0.05, 0) is 37.0 Å². The molecule has 130 valence electrons. The van der Waals surface area contributed by atoms with Crippen molar-refractivity contribution in [1.82, 2.24) is 9.88 Å². The zero-order chi connectivity index (χ0) is 17.3. The lowest BCUT2D eigenvalue weighted by Crippen LogP contribution is -2.59. The standard InChI is InChI=1S/C21H24N2O2/c24-20(18-11-6-7-14-22-18)23-15-13-21(25,16-8-2-1-3-9-16)17-10-4-5-12-19(17)23/h1-3,6-9,11,14,17,19,25H,4-5,10,12-13,15H2/t17-,19+,21?/m0/s1. The Morgan fingerprint density at radius 2 is 1.84 bits per heavy atom. The largest absolute Gasteiger partial charge is 0.385 e. The number of aromatic nitrogens is 1. The van der Waals surface area contributed by atoms with Gasteiger partial charge in [0.15, 0.2) is 0 Å². The lowest BCUT2D eigenvalue weighted by Gasteiger charge is -2.52. The van der Waals surface area contributed by atoms with Crippen LogP contribution < -0.4 is 0 Å². The maximum Gasteiger partial charge on any atom is 0.272 e. The van der Waals surface area contributed by atoms with Gasteiger partial charge in [-0.2, -0.15) is 0 Å². The van der Waals surface area contributed by atoms with E-state index in [0.717, 1.165) is 31.2 Å². The number of fused-ring (bicyclic) bond motifs is 1. The Hall–Kier alpha value is -2.20. The molecule has 2 heterocycles. The third-order valence-corrected chi connectivity index (χ3v) is 5.90. The molecule has 25 heavy (non-hydrogen) atoms. The van der Waals surface area contributed by atoms with Gasteiger partial charge in [0.2, 0.25) is 0 Å². The summed E-state index contributed by atoms with van der Waals surface area (Å²) in [5.41, 5.74) is 0.640. The number of aliphatic hydroxyl groups is 1. The zero-order valence-corrected chi connectivity index (χ0v) is 14.3. The summed E-state index contributed by atoms with van der Waals surface area (Å²) in [5.74, 6) is 0.0812. The van der Waals surface area contributed by atoms with Crippen LogP contribution in [0.4, 0.5) is 0 Å². The van der Waals surface area contributed by atoms with Gasteiger partial charge < -0.3 is 10.0 Å². The number of nitrogens with zero attached hydrogens (tertiary/aromatic N) is 2. The Morgan fingerprint density at radius 1 is 1.08 bits per heavy atom. The molecule has 2 aromatic rings. The first-order valence-corrected chi connectivity index (χ1v) is 9.20. The lowest BCUT2D eigenvalue weighted by atomic mass is 9.66. The van der Waals surface area contributed by atoms with Crippen LogP contribution in [-0.4, -0.2) is 33.5 Å². The predicted octanol–water partition coefficient (Wildman–Crippen LogP) is 3.37. The SMILES string of the molecule is O=C(c1ccccn1)N1CCC(O)(c2ccccc2)[C@H]2CCCC[C@H]21. The molecule has 0 spiro atoms. The van der Waals surface area contributed by atoms with Crippen molar-refractivity contribution >= 4 is 5.91 Å². The van der Waals surface area contributed by atoms with Crippen LogP contribution in [0.3, 0.4) is 0 Å². The van der Waals surface area contributed by atoms with Crippen LogP contribution in [0.5, 0.6) is 0 Å². The van der Waals surface area contributed by atoms with E-state index in [1.54, 1.807) is 12.3 Å². The van der Waals surface area contributed by atoms with Crippen LogP contribution in [0.1, 0.15) is 48.2 Å². The highest BCUT2D eigenvalue weighted by Gasteiger charge is 2.50. The highest BCUT2D eigenvalue weighted by molar-refractivity contribution is 5.92. The molecule has 1 saturated heterocycles. The second kappa shape index (κ2) is 6.60. The minimum absolute atomic E-state index is 0.00684. The van der Waals surface area contributed by atoms with E-state index in [2.05, 4.69) is 4.98 Å². The first kappa shape index (κ1) is 16.3. The van der Waals surface area contributed by atoms with Gasteiger partial charge in [0.25, 0.3) is 5.91 Å². The number of likely N-dealkylation sites (tertiary alicyclic amines) is 1. The van der Waals surface area contributed by atoms with Crippen LogP contribution in [0.25, 0.3) is 0 Å². The van der Waals surface area contributed by atoms with Crippen LogP contribution >= 0.6 is 0 Å². The molecule has 1 saturated carbocycles. The van der Waals surface area contributed by atoms with Gasteiger partial charge in [0, 0.05) is 24.7 Å². The first-order valence-electron chi connectivity index (χ1n) is 9.20. The van der Waals surface area contributed by atoms with Crippen molar-refractivity contribution in [3.8, 4) is 0 Å². The second-order valence-electron chi connectivity index (χ2n) is 7.21. The Balaban J connectivity index is 1.66. The quantitative estimate of drug-likeness (QED) is 0.915. The molecule has 1 aliphatic carbocycles. The van der Waals surface area contributed by atoms with Crippen LogP contribution in [0.15, 0.2) is 54.7 Å². The van der Waals surface area contributed by atoms with E-state index in [4.69, 9.17) is 0 Å². The number of pyridine rings is 1. The van der Waals surface area contributed by atoms with E-state index in [-0.39, 0.29) is 17.9 Å². The zero-order valence-electron chi connectivity index (χ0n) is 14.3. The van der Waals surface area contributed by atoms with E-state index in [1.165, 1.54) is 0 Å². The molecule has 2 aliphatic rings. The minimum atomic E-state index is -0.840. The van der Waals surface area contributed by atoms with Crippen LogP contribution in [-0.2, 0) is 5.60 Å². The molecular weight excluding hydrogens is 312 g/mol. The molecule has 3 atom stereocenters. The number of carbonyl (C=O) groups is 1. The van der Waals surface area contributed by atoms with Crippen molar-refractivity contribution in [2.24, 2.45) is 5.92 Å². The highest BCUT2D eigenvalue weighted by Crippen LogP contribution is 2.47. The van der Waals surface area contributed by atoms with E-state index in [1.807, 2.05) is 47.4 Å². The fourth-order valence-corrected chi connectivity index (χ4v) is 4.66. The summed E-state index contributed by atoms with van der Waals surface area (Å²) in [6, 6.07) is 15.5. The van der Waals surface area contributed by atoms with Gasteiger partial charge in [-0.3, -0.25) is 9.78 Å². The van der Waals surface area contributed by atoms with Crippen molar-refractivity contribution in [3.05, 3.63) is 66.0 Å². The number of piperidine rings is 1. The Labute approximate surface area is 148 Å². The number of carbonyl (C=O) groups excluding carboxylic acids is 1. The fraction of sp³-hybridized carbons (Fsp3) is 0.429. The maximum absolute atomic E-state index is 13.0. The third kappa shape index (κ3) is 2.85. The summed E-state index contributed by atoms with van der Waals surface area (Å²) in [7, 11) is 0. The predicted molar refractivity (Wildman–Crippen MR) is 96.0 cm³/mol. The molecule has 4 heteroatoms. The summed E-state index contributed by atoms with van der Waals surface area (Å²) in [6.07, 6.45) is 6.38. The maximum atomic E-state index is 13.0. The number of hydrogen-bond acceptors (Lipinski definition) is 3. The number of hydrogen-bond donors (Lipinski definition) is 1.